The summed E-state index contributed by atoms with van der Waals surface area (Å²) >= 11 is 11.8. The quantitative estimate of drug-likeness (QED) is 0.717. The van der Waals surface area contributed by atoms with Crippen LogP contribution in [0.4, 0.5) is 0 Å². The molecule has 14 heavy (non-hydrogen) atoms. The van der Waals surface area contributed by atoms with Gasteiger partial charge in [-0.2, -0.15) is 5.10 Å². The van der Waals surface area contributed by atoms with Crippen molar-refractivity contribution in [2.75, 3.05) is 11.8 Å². The van der Waals surface area contributed by atoms with Gasteiger partial charge in [-0.05, 0) is 23.8 Å². The number of aryl methyl sites for hydroxylation is 2. The summed E-state index contributed by atoms with van der Waals surface area (Å²) in [5, 5.41) is 4.12. The molecule has 0 radical (unpaired) electrons. The molecule has 0 saturated heterocycles. The SMILES string of the molecule is Cn1cc(CCC(C)(CCl)CCl)cn1. The van der Waals surface area contributed by atoms with E-state index in [1.165, 1.54) is 5.56 Å². The van der Waals surface area contributed by atoms with Crippen LogP contribution < -0.4 is 0 Å². The lowest BCUT2D eigenvalue weighted by molar-refractivity contribution is 0.391. The number of alkyl halides is 2. The van der Waals surface area contributed by atoms with Crippen LogP contribution in [0.1, 0.15) is 18.9 Å². The summed E-state index contributed by atoms with van der Waals surface area (Å²) in [4.78, 5) is 0. The third-order valence-electron chi connectivity index (χ3n) is 2.42. The number of nitrogens with zero attached hydrogens (tertiary/aromatic N) is 2. The standard InChI is InChI=1S/C10H16Cl2N2/c1-10(7-11,8-12)4-3-9-5-13-14(2)6-9/h5-6H,3-4,7-8H2,1-2H3. The summed E-state index contributed by atoms with van der Waals surface area (Å²) in [6.45, 7) is 2.11. The maximum atomic E-state index is 5.88. The monoisotopic (exact) mass is 234 g/mol. The van der Waals surface area contributed by atoms with Crippen LogP contribution in [0.3, 0.4) is 0 Å². The van der Waals surface area contributed by atoms with Gasteiger partial charge in [-0.25, -0.2) is 0 Å². The normalized spacial score (nSPS) is 12.0. The Morgan fingerprint density at radius 2 is 2.07 bits per heavy atom. The largest absolute Gasteiger partial charge is 0.276 e. The number of rotatable bonds is 5. The molecule has 0 bridgehead atoms. The third kappa shape index (κ3) is 3.18. The van der Waals surface area contributed by atoms with Crippen molar-refractivity contribution < 1.29 is 0 Å². The molecule has 2 nitrogen and oxygen atoms in total. The van der Waals surface area contributed by atoms with Gasteiger partial charge in [0.1, 0.15) is 0 Å². The zero-order valence-corrected chi connectivity index (χ0v) is 10.1. The highest BCUT2D eigenvalue weighted by Gasteiger charge is 2.21. The molecule has 0 fully saturated rings. The second-order valence-electron chi connectivity index (χ2n) is 4.10. The number of halogens is 2. The molecule has 0 aliphatic rings. The zero-order valence-electron chi connectivity index (χ0n) is 8.63. The molecule has 0 saturated carbocycles. The molecule has 0 aliphatic carbocycles. The Labute approximate surface area is 95.2 Å². The van der Waals surface area contributed by atoms with E-state index in [4.69, 9.17) is 23.2 Å². The minimum Gasteiger partial charge on any atom is -0.276 e. The lowest BCUT2D eigenvalue weighted by atomic mass is 9.89. The van der Waals surface area contributed by atoms with E-state index >= 15 is 0 Å². The molecule has 1 aromatic heterocycles. The summed E-state index contributed by atoms with van der Waals surface area (Å²) in [7, 11) is 1.92. The highest BCUT2D eigenvalue weighted by Crippen LogP contribution is 2.26. The van der Waals surface area contributed by atoms with E-state index in [2.05, 4.69) is 12.0 Å². The Hall–Kier alpha value is -0.210. The Bertz CT molecular complexity index is 279. The zero-order chi connectivity index (χ0) is 10.6. The van der Waals surface area contributed by atoms with Gasteiger partial charge in [-0.1, -0.05) is 6.92 Å². The summed E-state index contributed by atoms with van der Waals surface area (Å²) < 4.78 is 1.81. The van der Waals surface area contributed by atoms with Gasteiger partial charge in [0, 0.05) is 25.0 Å². The first-order valence-electron chi connectivity index (χ1n) is 4.69. The van der Waals surface area contributed by atoms with Crippen LogP contribution in [-0.4, -0.2) is 21.5 Å². The maximum absolute atomic E-state index is 5.88. The average Bonchev–Trinajstić information content (AvgIpc) is 2.61. The fourth-order valence-corrected chi connectivity index (χ4v) is 1.77. The van der Waals surface area contributed by atoms with Gasteiger partial charge in [-0.15, -0.1) is 23.2 Å². The lowest BCUT2D eigenvalue weighted by Crippen LogP contribution is -2.21. The fourth-order valence-electron chi connectivity index (χ4n) is 1.22. The summed E-state index contributed by atoms with van der Waals surface area (Å²) in [5.41, 5.74) is 1.29. The van der Waals surface area contributed by atoms with E-state index in [-0.39, 0.29) is 5.41 Å². The highest BCUT2D eigenvalue weighted by molar-refractivity contribution is 6.21. The van der Waals surface area contributed by atoms with Gasteiger partial charge >= 0.3 is 0 Å². The molecule has 80 valence electrons. The molecule has 0 aromatic carbocycles. The number of hydrogen-bond acceptors (Lipinski definition) is 1. The predicted molar refractivity (Wildman–Crippen MR) is 61.1 cm³/mol. The Morgan fingerprint density at radius 1 is 1.43 bits per heavy atom. The first-order chi connectivity index (χ1) is 6.59. The Balaban J connectivity index is 2.47. The van der Waals surface area contributed by atoms with Crippen LogP contribution in [-0.2, 0) is 13.5 Å². The molecular weight excluding hydrogens is 219 g/mol. The van der Waals surface area contributed by atoms with E-state index in [0.29, 0.717) is 11.8 Å². The average molecular weight is 235 g/mol. The molecule has 0 spiro atoms. The smallest absolute Gasteiger partial charge is 0.0521 e. The van der Waals surface area contributed by atoms with Crippen LogP contribution in [0.2, 0.25) is 0 Å². The minimum atomic E-state index is 0.0406. The Kier molecular flexibility index (Phi) is 4.27. The van der Waals surface area contributed by atoms with E-state index in [1.807, 2.05) is 24.1 Å². The van der Waals surface area contributed by atoms with Gasteiger partial charge in [0.15, 0.2) is 0 Å². The molecule has 0 amide bonds. The van der Waals surface area contributed by atoms with Gasteiger partial charge < -0.3 is 0 Å². The molecule has 0 aliphatic heterocycles. The number of aromatic nitrogens is 2. The van der Waals surface area contributed by atoms with Crippen LogP contribution in [0.25, 0.3) is 0 Å². The topological polar surface area (TPSA) is 17.8 Å². The van der Waals surface area contributed by atoms with Gasteiger partial charge in [0.25, 0.3) is 0 Å². The van der Waals surface area contributed by atoms with E-state index in [9.17, 15) is 0 Å². The molecule has 1 heterocycles. The number of hydrogen-bond donors (Lipinski definition) is 0. The van der Waals surface area contributed by atoms with Crippen molar-refractivity contribution in [2.24, 2.45) is 12.5 Å². The fraction of sp³-hybridized carbons (Fsp3) is 0.700. The molecule has 0 unspecified atom stereocenters. The van der Waals surface area contributed by atoms with Crippen molar-refractivity contribution in [1.82, 2.24) is 9.78 Å². The first kappa shape index (κ1) is 11.9. The van der Waals surface area contributed by atoms with Crippen LogP contribution in [0, 0.1) is 5.41 Å². The van der Waals surface area contributed by atoms with Crippen molar-refractivity contribution in [3.63, 3.8) is 0 Å². The van der Waals surface area contributed by atoms with Gasteiger partial charge in [-0.3, -0.25) is 4.68 Å². The summed E-state index contributed by atoms with van der Waals surface area (Å²) in [5.74, 6) is 1.22. The molecule has 1 rings (SSSR count). The second kappa shape index (κ2) is 5.04. The van der Waals surface area contributed by atoms with Crippen molar-refractivity contribution in [3.05, 3.63) is 18.0 Å². The van der Waals surface area contributed by atoms with Crippen molar-refractivity contribution in [3.8, 4) is 0 Å². The van der Waals surface area contributed by atoms with Gasteiger partial charge in [0.2, 0.25) is 0 Å². The van der Waals surface area contributed by atoms with E-state index in [1.54, 1.807) is 0 Å². The highest BCUT2D eigenvalue weighted by atomic mass is 35.5. The molecule has 0 N–H and O–H groups in total. The molecule has 0 atom stereocenters. The Morgan fingerprint density at radius 3 is 2.50 bits per heavy atom. The van der Waals surface area contributed by atoms with Crippen molar-refractivity contribution in [2.45, 2.75) is 19.8 Å². The minimum absolute atomic E-state index is 0.0406. The predicted octanol–water partition coefficient (Wildman–Crippen LogP) is 2.84. The van der Waals surface area contributed by atoms with Crippen LogP contribution >= 0.6 is 23.2 Å². The van der Waals surface area contributed by atoms with Crippen LogP contribution in [0.5, 0.6) is 0 Å². The van der Waals surface area contributed by atoms with E-state index in [0.717, 1.165) is 12.8 Å². The molecule has 4 heteroatoms. The lowest BCUT2D eigenvalue weighted by Gasteiger charge is -2.23. The third-order valence-corrected chi connectivity index (χ3v) is 3.71. The molecular formula is C10H16Cl2N2. The summed E-state index contributed by atoms with van der Waals surface area (Å²) in [6, 6.07) is 0. The maximum Gasteiger partial charge on any atom is 0.0521 e. The van der Waals surface area contributed by atoms with Crippen molar-refractivity contribution in [1.29, 1.82) is 0 Å². The molecule has 1 aromatic rings. The summed E-state index contributed by atoms with van der Waals surface area (Å²) in [6.07, 6.45) is 5.92. The van der Waals surface area contributed by atoms with Gasteiger partial charge in [0.05, 0.1) is 6.20 Å². The van der Waals surface area contributed by atoms with Crippen LogP contribution in [0.15, 0.2) is 12.4 Å². The second-order valence-corrected chi connectivity index (χ2v) is 4.63. The first-order valence-corrected chi connectivity index (χ1v) is 5.76. The van der Waals surface area contributed by atoms with E-state index < -0.39 is 0 Å². The van der Waals surface area contributed by atoms with Crippen molar-refractivity contribution >= 4 is 23.2 Å².